The third kappa shape index (κ3) is 6.76. The van der Waals surface area contributed by atoms with Gasteiger partial charge in [-0.15, -0.1) is 0 Å². The first kappa shape index (κ1) is 16.2. The molecule has 0 atom stereocenters. The Kier molecular flexibility index (Phi) is 7.65. The molecule has 2 nitrogen and oxygen atoms in total. The molecule has 1 aromatic heterocycles. The van der Waals surface area contributed by atoms with Gasteiger partial charge in [-0.25, -0.2) is 0 Å². The summed E-state index contributed by atoms with van der Waals surface area (Å²) in [7, 11) is 0. The molecule has 0 radical (unpaired) electrons. The van der Waals surface area contributed by atoms with Gasteiger partial charge < -0.3 is 4.98 Å². The molecule has 0 bridgehead atoms. The van der Waals surface area contributed by atoms with Crippen molar-refractivity contribution in [2.45, 2.75) is 33.9 Å². The molecule has 0 saturated heterocycles. The van der Waals surface area contributed by atoms with E-state index >= 15 is 0 Å². The van der Waals surface area contributed by atoms with Crippen LogP contribution in [0.25, 0.3) is 0 Å². The predicted octanol–water partition coefficient (Wildman–Crippen LogP) is 3.45. The average molecular weight is 223 g/mol. The molecule has 15 heavy (non-hydrogen) atoms. The summed E-state index contributed by atoms with van der Waals surface area (Å²) in [6.07, 6.45) is -3.22. The number of hydrogen-bond donors (Lipinski definition) is 1. The molecule has 0 aliphatic rings. The van der Waals surface area contributed by atoms with Gasteiger partial charge in [0.25, 0.3) is 0 Å². The molecule has 0 spiro atoms. The summed E-state index contributed by atoms with van der Waals surface area (Å²) >= 11 is 0. The first-order chi connectivity index (χ1) is 6.41. The number of aromatic nitrogens is 1. The number of alkyl halides is 3. The van der Waals surface area contributed by atoms with E-state index in [1.54, 1.807) is 4.98 Å². The standard InChI is InChI=1S/C6H4F3NO.C3H8.CH4/c7-6(8,9)4-2-1-3-5(11)10-4;1-3-2;/h1-3H,(H,10,11);3H2,1-2H3;1H4. The van der Waals surface area contributed by atoms with Gasteiger partial charge in [-0.05, 0) is 6.07 Å². The normalized spacial score (nSPS) is 9.67. The van der Waals surface area contributed by atoms with Crippen LogP contribution in [-0.4, -0.2) is 4.98 Å². The third-order valence-corrected chi connectivity index (χ3v) is 1.07. The van der Waals surface area contributed by atoms with Crippen molar-refractivity contribution in [1.82, 2.24) is 4.98 Å². The van der Waals surface area contributed by atoms with Crippen molar-refractivity contribution in [3.05, 3.63) is 34.2 Å². The quantitative estimate of drug-likeness (QED) is 0.718. The highest BCUT2D eigenvalue weighted by Gasteiger charge is 2.31. The van der Waals surface area contributed by atoms with E-state index < -0.39 is 17.4 Å². The molecule has 1 rings (SSSR count). The fourth-order valence-corrected chi connectivity index (χ4v) is 0.613. The Bertz CT molecular complexity index is 317. The van der Waals surface area contributed by atoms with E-state index in [9.17, 15) is 18.0 Å². The lowest BCUT2D eigenvalue weighted by atomic mass is 10.3. The Hall–Kier alpha value is -1.26. The number of halogens is 3. The minimum absolute atomic E-state index is 0. The topological polar surface area (TPSA) is 32.9 Å². The molecule has 1 aromatic rings. The Morgan fingerprint density at radius 2 is 1.73 bits per heavy atom. The van der Waals surface area contributed by atoms with Crippen LogP contribution < -0.4 is 5.56 Å². The van der Waals surface area contributed by atoms with Crippen molar-refractivity contribution in [2.75, 3.05) is 0 Å². The molecule has 0 amide bonds. The Morgan fingerprint density at radius 3 is 2.00 bits per heavy atom. The van der Waals surface area contributed by atoms with Crippen LogP contribution >= 0.6 is 0 Å². The van der Waals surface area contributed by atoms with Crippen LogP contribution in [-0.2, 0) is 6.18 Å². The van der Waals surface area contributed by atoms with Crippen LogP contribution in [0.4, 0.5) is 13.2 Å². The fourth-order valence-electron chi connectivity index (χ4n) is 0.613. The smallest absolute Gasteiger partial charge is 0.318 e. The summed E-state index contributed by atoms with van der Waals surface area (Å²) in [5, 5.41) is 0. The lowest BCUT2D eigenvalue weighted by molar-refractivity contribution is -0.141. The second-order valence-electron chi connectivity index (χ2n) is 2.63. The maximum atomic E-state index is 11.8. The molecule has 0 aliphatic carbocycles. The SMILES string of the molecule is C.CCC.O=c1cccc(C(F)(F)F)[nH]1. The van der Waals surface area contributed by atoms with Crippen molar-refractivity contribution in [3.63, 3.8) is 0 Å². The largest absolute Gasteiger partial charge is 0.431 e. The minimum atomic E-state index is -4.47. The molecule has 1 heterocycles. The van der Waals surface area contributed by atoms with E-state index in [1.165, 1.54) is 6.42 Å². The first-order valence-electron chi connectivity index (χ1n) is 4.18. The van der Waals surface area contributed by atoms with Crippen LogP contribution in [0.3, 0.4) is 0 Å². The zero-order chi connectivity index (χ0) is 11.2. The van der Waals surface area contributed by atoms with Crippen molar-refractivity contribution in [2.24, 2.45) is 0 Å². The Morgan fingerprint density at radius 1 is 1.27 bits per heavy atom. The van der Waals surface area contributed by atoms with Gasteiger partial charge in [0.2, 0.25) is 5.56 Å². The van der Waals surface area contributed by atoms with Gasteiger partial charge in [0.1, 0.15) is 5.69 Å². The second-order valence-corrected chi connectivity index (χ2v) is 2.63. The van der Waals surface area contributed by atoms with Gasteiger partial charge in [-0.3, -0.25) is 4.79 Å². The van der Waals surface area contributed by atoms with Crippen molar-refractivity contribution >= 4 is 0 Å². The predicted molar refractivity (Wildman–Crippen MR) is 54.8 cm³/mol. The van der Waals surface area contributed by atoms with Gasteiger partial charge in [-0.2, -0.15) is 13.2 Å². The number of hydrogen-bond acceptors (Lipinski definition) is 1. The van der Waals surface area contributed by atoms with Gasteiger partial charge in [0, 0.05) is 6.07 Å². The maximum Gasteiger partial charge on any atom is 0.431 e. The highest BCUT2D eigenvalue weighted by Crippen LogP contribution is 2.25. The van der Waals surface area contributed by atoms with Gasteiger partial charge >= 0.3 is 6.18 Å². The van der Waals surface area contributed by atoms with E-state index in [2.05, 4.69) is 13.8 Å². The molecule has 0 saturated carbocycles. The third-order valence-electron chi connectivity index (χ3n) is 1.07. The van der Waals surface area contributed by atoms with Crippen LogP contribution in [0.15, 0.2) is 23.0 Å². The lowest BCUT2D eigenvalue weighted by Crippen LogP contribution is -2.14. The maximum absolute atomic E-state index is 11.8. The Balaban J connectivity index is 0. The summed E-state index contributed by atoms with van der Waals surface area (Å²) in [6, 6.07) is 2.89. The molecule has 0 aliphatic heterocycles. The molecular weight excluding hydrogens is 207 g/mol. The number of aromatic amines is 1. The molecule has 0 fully saturated rings. The molecule has 1 N–H and O–H groups in total. The van der Waals surface area contributed by atoms with E-state index in [0.29, 0.717) is 0 Å². The summed E-state index contributed by atoms with van der Waals surface area (Å²) in [5.74, 6) is 0. The fraction of sp³-hybridized carbons (Fsp3) is 0.500. The van der Waals surface area contributed by atoms with Crippen molar-refractivity contribution in [3.8, 4) is 0 Å². The summed E-state index contributed by atoms with van der Waals surface area (Å²) in [6.45, 7) is 4.25. The highest BCUT2D eigenvalue weighted by molar-refractivity contribution is 5.06. The van der Waals surface area contributed by atoms with E-state index in [1.807, 2.05) is 0 Å². The average Bonchev–Trinajstić information content (AvgIpc) is 2.04. The number of rotatable bonds is 0. The molecular formula is C10H16F3NO. The van der Waals surface area contributed by atoms with Crippen LogP contribution in [0.5, 0.6) is 0 Å². The highest BCUT2D eigenvalue weighted by atomic mass is 19.4. The van der Waals surface area contributed by atoms with Crippen molar-refractivity contribution < 1.29 is 13.2 Å². The summed E-state index contributed by atoms with van der Waals surface area (Å²) < 4.78 is 35.4. The molecule has 88 valence electrons. The van der Waals surface area contributed by atoms with Crippen molar-refractivity contribution in [1.29, 1.82) is 0 Å². The van der Waals surface area contributed by atoms with E-state index in [-0.39, 0.29) is 7.43 Å². The number of nitrogens with one attached hydrogen (secondary N) is 1. The number of H-pyrrole nitrogens is 1. The summed E-state index contributed by atoms with van der Waals surface area (Å²) in [5.41, 5.74) is -1.77. The minimum Gasteiger partial charge on any atom is -0.318 e. The first-order valence-corrected chi connectivity index (χ1v) is 4.18. The van der Waals surface area contributed by atoms with Gasteiger partial charge in [0.15, 0.2) is 0 Å². The monoisotopic (exact) mass is 223 g/mol. The number of pyridine rings is 1. The molecule has 5 heteroatoms. The van der Waals surface area contributed by atoms with Crippen LogP contribution in [0.2, 0.25) is 0 Å². The van der Waals surface area contributed by atoms with Gasteiger partial charge in [0.05, 0.1) is 0 Å². The zero-order valence-electron chi connectivity index (χ0n) is 7.98. The lowest BCUT2D eigenvalue weighted by Gasteiger charge is -2.03. The second kappa shape index (κ2) is 7.09. The van der Waals surface area contributed by atoms with Gasteiger partial charge in [-0.1, -0.05) is 33.8 Å². The van der Waals surface area contributed by atoms with Crippen LogP contribution in [0.1, 0.15) is 33.4 Å². The zero-order valence-corrected chi connectivity index (χ0v) is 7.98. The van der Waals surface area contributed by atoms with E-state index in [0.717, 1.165) is 18.2 Å². The van der Waals surface area contributed by atoms with Crippen LogP contribution in [0, 0.1) is 0 Å². The molecule has 0 unspecified atom stereocenters. The molecule has 0 aromatic carbocycles. The van der Waals surface area contributed by atoms with E-state index in [4.69, 9.17) is 0 Å². The Labute approximate surface area is 87.1 Å². The summed E-state index contributed by atoms with van der Waals surface area (Å²) in [4.78, 5) is 12.0.